The van der Waals surface area contributed by atoms with Gasteiger partial charge in [0.05, 0.1) is 10.4 Å². The average Bonchev–Trinajstić information content (AvgIpc) is 2.62. The molecule has 0 bridgehead atoms. The molecule has 1 heterocycles. The molecular weight excluding hydrogens is 370 g/mol. The predicted molar refractivity (Wildman–Crippen MR) is 105 cm³/mol. The van der Waals surface area contributed by atoms with Gasteiger partial charge in [0.15, 0.2) is 0 Å². The van der Waals surface area contributed by atoms with Crippen LogP contribution in [0.15, 0.2) is 53.5 Å². The third-order valence-electron chi connectivity index (χ3n) is 4.13. The van der Waals surface area contributed by atoms with E-state index in [0.717, 1.165) is 0 Å². The monoisotopic (exact) mass is 385 g/mol. The molecule has 2 aromatic carbocycles. The number of nitro benzene ring substituents is 1. The lowest BCUT2D eigenvalue weighted by molar-refractivity contribution is -0.384. The zero-order valence-corrected chi connectivity index (χ0v) is 15.4. The summed E-state index contributed by atoms with van der Waals surface area (Å²) in [5.41, 5.74) is 0.495. The first-order valence-electron chi connectivity index (χ1n) is 8.18. The largest absolute Gasteiger partial charge is 0.344 e. The number of nitrogens with one attached hydrogen (secondary N) is 1. The number of carbonyl (C=O) groups is 1. The summed E-state index contributed by atoms with van der Waals surface area (Å²) >= 11 is 6.02. The number of pyridine rings is 1. The van der Waals surface area contributed by atoms with E-state index in [9.17, 15) is 19.7 Å². The fourth-order valence-corrected chi connectivity index (χ4v) is 2.95. The molecule has 0 saturated carbocycles. The van der Waals surface area contributed by atoms with Crippen molar-refractivity contribution in [3.8, 4) is 0 Å². The van der Waals surface area contributed by atoms with Crippen molar-refractivity contribution in [2.75, 3.05) is 5.32 Å². The maximum absolute atomic E-state index is 12.8. The first-order valence-corrected chi connectivity index (χ1v) is 8.56. The number of carbonyl (C=O) groups excluding carboxylic acids is 1. The Balaban J connectivity index is 2.05. The Hall–Kier alpha value is -3.19. The van der Waals surface area contributed by atoms with Crippen molar-refractivity contribution in [1.82, 2.24) is 4.57 Å². The van der Waals surface area contributed by atoms with Gasteiger partial charge in [-0.3, -0.25) is 19.7 Å². The van der Waals surface area contributed by atoms with Crippen LogP contribution in [0, 0.1) is 10.1 Å². The highest BCUT2D eigenvalue weighted by atomic mass is 35.5. The zero-order chi connectivity index (χ0) is 19.7. The second-order valence-electron chi connectivity index (χ2n) is 6.29. The van der Waals surface area contributed by atoms with Gasteiger partial charge in [0.2, 0.25) is 5.43 Å². The summed E-state index contributed by atoms with van der Waals surface area (Å²) in [4.78, 5) is 35.7. The van der Waals surface area contributed by atoms with Gasteiger partial charge >= 0.3 is 0 Å². The van der Waals surface area contributed by atoms with Gasteiger partial charge in [-0.2, -0.15) is 0 Å². The molecule has 0 spiro atoms. The first kappa shape index (κ1) is 18.6. The van der Waals surface area contributed by atoms with Gasteiger partial charge in [-0.05, 0) is 44.2 Å². The molecule has 1 amide bonds. The van der Waals surface area contributed by atoms with E-state index in [1.165, 1.54) is 30.5 Å². The number of fused-ring (bicyclic) bond motifs is 1. The lowest BCUT2D eigenvalue weighted by Gasteiger charge is -2.17. The summed E-state index contributed by atoms with van der Waals surface area (Å²) in [6.07, 6.45) is 1.52. The van der Waals surface area contributed by atoms with Gasteiger partial charge < -0.3 is 9.88 Å². The summed E-state index contributed by atoms with van der Waals surface area (Å²) in [7, 11) is 0. The standard InChI is InChI=1S/C19H16ClN3O4/c1-11(2)22-10-16(18(24)15-9-12(20)3-8-17(15)22)19(25)21-13-4-6-14(7-5-13)23(26)27/h3-11H,1-2H3,(H,21,25). The number of aromatic nitrogens is 1. The second-order valence-corrected chi connectivity index (χ2v) is 6.73. The Labute approximate surface area is 159 Å². The van der Waals surface area contributed by atoms with E-state index in [2.05, 4.69) is 5.32 Å². The molecule has 0 atom stereocenters. The second kappa shape index (κ2) is 7.20. The van der Waals surface area contributed by atoms with E-state index in [1.54, 1.807) is 18.2 Å². The van der Waals surface area contributed by atoms with Crippen LogP contribution in [0.5, 0.6) is 0 Å². The normalized spacial score (nSPS) is 11.0. The maximum atomic E-state index is 12.8. The minimum Gasteiger partial charge on any atom is -0.344 e. The van der Waals surface area contributed by atoms with E-state index < -0.39 is 16.3 Å². The summed E-state index contributed by atoms with van der Waals surface area (Å²) in [6.45, 7) is 3.88. The predicted octanol–water partition coefficient (Wildman–Crippen LogP) is 4.40. The van der Waals surface area contributed by atoms with Crippen LogP contribution in [0.25, 0.3) is 10.9 Å². The molecule has 0 saturated heterocycles. The molecule has 27 heavy (non-hydrogen) atoms. The minimum absolute atomic E-state index is 0.0141. The summed E-state index contributed by atoms with van der Waals surface area (Å²) in [5.74, 6) is -0.592. The van der Waals surface area contributed by atoms with Gasteiger partial charge in [-0.15, -0.1) is 0 Å². The number of rotatable bonds is 4. The lowest BCUT2D eigenvalue weighted by Crippen LogP contribution is -2.24. The van der Waals surface area contributed by atoms with Crippen LogP contribution in [0.4, 0.5) is 11.4 Å². The van der Waals surface area contributed by atoms with E-state index in [0.29, 0.717) is 21.6 Å². The zero-order valence-electron chi connectivity index (χ0n) is 14.6. The van der Waals surface area contributed by atoms with Crippen molar-refractivity contribution in [2.45, 2.75) is 19.9 Å². The Morgan fingerprint density at radius 2 is 1.85 bits per heavy atom. The highest BCUT2D eigenvalue weighted by Crippen LogP contribution is 2.21. The number of benzene rings is 2. The third-order valence-corrected chi connectivity index (χ3v) is 4.37. The number of anilines is 1. The van der Waals surface area contributed by atoms with Crippen molar-refractivity contribution >= 4 is 39.8 Å². The van der Waals surface area contributed by atoms with Crippen molar-refractivity contribution in [2.24, 2.45) is 0 Å². The number of halogens is 1. The lowest BCUT2D eigenvalue weighted by atomic mass is 10.1. The molecule has 0 aliphatic heterocycles. The van der Waals surface area contributed by atoms with Crippen LogP contribution in [0.1, 0.15) is 30.2 Å². The van der Waals surface area contributed by atoms with Crippen LogP contribution in [-0.2, 0) is 0 Å². The molecule has 0 unspecified atom stereocenters. The molecule has 1 aromatic heterocycles. The number of nitro groups is 1. The van der Waals surface area contributed by atoms with Crippen molar-refractivity contribution < 1.29 is 9.72 Å². The molecule has 138 valence electrons. The van der Waals surface area contributed by atoms with Crippen LogP contribution in [0.2, 0.25) is 5.02 Å². The SMILES string of the molecule is CC(C)n1cc(C(=O)Nc2ccc([N+](=O)[O-])cc2)c(=O)c2cc(Cl)ccc21. The smallest absolute Gasteiger partial charge is 0.269 e. The Morgan fingerprint density at radius 3 is 2.44 bits per heavy atom. The van der Waals surface area contributed by atoms with Crippen LogP contribution >= 0.6 is 11.6 Å². The van der Waals surface area contributed by atoms with Gasteiger partial charge in [-0.1, -0.05) is 11.6 Å². The Kier molecular flexibility index (Phi) is 4.96. The number of hydrogen-bond acceptors (Lipinski definition) is 4. The van der Waals surface area contributed by atoms with Crippen LogP contribution in [-0.4, -0.2) is 15.4 Å². The van der Waals surface area contributed by atoms with Crippen molar-refractivity contribution in [3.63, 3.8) is 0 Å². The van der Waals surface area contributed by atoms with Crippen molar-refractivity contribution in [3.05, 3.63) is 79.6 Å². The van der Waals surface area contributed by atoms with Gasteiger partial charge in [0, 0.05) is 40.5 Å². The quantitative estimate of drug-likeness (QED) is 0.532. The van der Waals surface area contributed by atoms with E-state index in [-0.39, 0.29) is 17.3 Å². The average molecular weight is 386 g/mol. The highest BCUT2D eigenvalue weighted by molar-refractivity contribution is 6.31. The molecule has 0 fully saturated rings. The third kappa shape index (κ3) is 3.68. The van der Waals surface area contributed by atoms with Crippen molar-refractivity contribution in [1.29, 1.82) is 0 Å². The van der Waals surface area contributed by atoms with Gasteiger partial charge in [0.25, 0.3) is 11.6 Å². The molecule has 8 heteroatoms. The molecular formula is C19H16ClN3O4. The van der Waals surface area contributed by atoms with E-state index in [1.807, 2.05) is 18.4 Å². The van der Waals surface area contributed by atoms with E-state index in [4.69, 9.17) is 11.6 Å². The summed E-state index contributed by atoms with van der Waals surface area (Å²) in [5, 5.41) is 14.1. The van der Waals surface area contributed by atoms with Gasteiger partial charge in [0.1, 0.15) is 5.56 Å². The van der Waals surface area contributed by atoms with Gasteiger partial charge in [-0.25, -0.2) is 0 Å². The Morgan fingerprint density at radius 1 is 1.19 bits per heavy atom. The molecule has 3 aromatic rings. The molecule has 1 N–H and O–H groups in total. The van der Waals surface area contributed by atoms with E-state index >= 15 is 0 Å². The Bertz CT molecular complexity index is 1100. The van der Waals surface area contributed by atoms with Crippen LogP contribution < -0.4 is 10.7 Å². The molecule has 0 radical (unpaired) electrons. The topological polar surface area (TPSA) is 94.2 Å². The summed E-state index contributed by atoms with van der Waals surface area (Å²) < 4.78 is 1.83. The molecule has 0 aliphatic carbocycles. The number of non-ortho nitro benzene ring substituents is 1. The maximum Gasteiger partial charge on any atom is 0.269 e. The first-order chi connectivity index (χ1) is 12.8. The number of hydrogen-bond donors (Lipinski definition) is 1. The highest BCUT2D eigenvalue weighted by Gasteiger charge is 2.17. The number of amides is 1. The minimum atomic E-state index is -0.592. The summed E-state index contributed by atoms with van der Waals surface area (Å²) in [6, 6.07) is 10.4. The fraction of sp³-hybridized carbons (Fsp3) is 0.158. The number of nitrogens with zero attached hydrogens (tertiary/aromatic N) is 2. The molecule has 3 rings (SSSR count). The molecule has 0 aliphatic rings. The fourth-order valence-electron chi connectivity index (χ4n) is 2.78. The van der Waals surface area contributed by atoms with Crippen LogP contribution in [0.3, 0.4) is 0 Å². The molecule has 7 nitrogen and oxygen atoms in total.